The predicted octanol–water partition coefficient (Wildman–Crippen LogP) is 3.78. The third kappa shape index (κ3) is 3.22. The van der Waals surface area contributed by atoms with Crippen LogP contribution in [0.3, 0.4) is 0 Å². The minimum absolute atomic E-state index is 0.235. The van der Waals surface area contributed by atoms with Crippen molar-refractivity contribution in [3.8, 4) is 17.0 Å². The van der Waals surface area contributed by atoms with E-state index in [4.69, 9.17) is 0 Å². The Hall–Kier alpha value is -2.66. The van der Waals surface area contributed by atoms with Crippen molar-refractivity contribution in [2.45, 2.75) is 32.7 Å². The van der Waals surface area contributed by atoms with E-state index in [2.05, 4.69) is 46.0 Å². The SMILES string of the molecule is Cc1ccc(-c2nnc(NC3CCCNC3)c3cc(C)ccc23)c(O)c1. The van der Waals surface area contributed by atoms with Gasteiger partial charge in [-0.05, 0) is 57.0 Å². The fraction of sp³-hybridized carbons (Fsp3) is 0.333. The molecule has 26 heavy (non-hydrogen) atoms. The summed E-state index contributed by atoms with van der Waals surface area (Å²) in [6, 6.07) is 12.3. The normalized spacial score (nSPS) is 17.4. The lowest BCUT2D eigenvalue weighted by Gasteiger charge is -2.25. The second-order valence-electron chi connectivity index (χ2n) is 7.15. The van der Waals surface area contributed by atoms with Crippen LogP contribution in [-0.4, -0.2) is 34.4 Å². The fourth-order valence-corrected chi connectivity index (χ4v) is 3.58. The summed E-state index contributed by atoms with van der Waals surface area (Å²) in [5.74, 6) is 1.05. The van der Waals surface area contributed by atoms with Gasteiger partial charge in [-0.1, -0.05) is 23.8 Å². The van der Waals surface area contributed by atoms with Crippen molar-refractivity contribution >= 4 is 16.6 Å². The first kappa shape index (κ1) is 16.8. The molecule has 1 aliphatic heterocycles. The largest absolute Gasteiger partial charge is 0.507 e. The first-order valence-electron chi connectivity index (χ1n) is 9.16. The average Bonchev–Trinajstić information content (AvgIpc) is 2.63. The zero-order valence-electron chi connectivity index (χ0n) is 15.2. The average molecular weight is 348 g/mol. The molecule has 2 aromatic carbocycles. The van der Waals surface area contributed by atoms with Crippen LogP contribution in [0, 0.1) is 13.8 Å². The Morgan fingerprint density at radius 3 is 2.62 bits per heavy atom. The molecule has 0 bridgehead atoms. The summed E-state index contributed by atoms with van der Waals surface area (Å²) in [6.45, 7) is 6.06. The number of aromatic hydroxyl groups is 1. The van der Waals surface area contributed by atoms with Crippen molar-refractivity contribution in [1.29, 1.82) is 0 Å². The van der Waals surface area contributed by atoms with Crippen LogP contribution >= 0.6 is 0 Å². The van der Waals surface area contributed by atoms with Crippen LogP contribution in [0.25, 0.3) is 22.0 Å². The molecule has 4 rings (SSSR count). The number of fused-ring (bicyclic) bond motifs is 1. The van der Waals surface area contributed by atoms with Crippen molar-refractivity contribution in [2.24, 2.45) is 0 Å². The van der Waals surface area contributed by atoms with E-state index in [1.54, 1.807) is 6.07 Å². The van der Waals surface area contributed by atoms with Crippen LogP contribution in [0.15, 0.2) is 36.4 Å². The van der Waals surface area contributed by atoms with Crippen LogP contribution in [0.1, 0.15) is 24.0 Å². The zero-order chi connectivity index (χ0) is 18.1. The molecule has 2 heterocycles. The van der Waals surface area contributed by atoms with Gasteiger partial charge < -0.3 is 15.7 Å². The van der Waals surface area contributed by atoms with Gasteiger partial charge in [-0.15, -0.1) is 10.2 Å². The first-order chi connectivity index (χ1) is 12.6. The Morgan fingerprint density at radius 2 is 1.85 bits per heavy atom. The number of piperidine rings is 1. The Balaban J connectivity index is 1.82. The van der Waals surface area contributed by atoms with E-state index in [-0.39, 0.29) is 5.75 Å². The Labute approximate surface area is 153 Å². The number of hydrogen-bond acceptors (Lipinski definition) is 5. The highest BCUT2D eigenvalue weighted by Gasteiger charge is 2.18. The molecule has 0 radical (unpaired) electrons. The first-order valence-corrected chi connectivity index (χ1v) is 9.16. The van der Waals surface area contributed by atoms with Gasteiger partial charge in [0.25, 0.3) is 0 Å². The molecule has 0 aliphatic carbocycles. The number of nitrogens with zero attached hydrogens (tertiary/aromatic N) is 2. The van der Waals surface area contributed by atoms with E-state index in [1.165, 1.54) is 5.56 Å². The van der Waals surface area contributed by atoms with Gasteiger partial charge in [0.15, 0.2) is 5.82 Å². The molecular weight excluding hydrogens is 324 g/mol. The van der Waals surface area contributed by atoms with E-state index >= 15 is 0 Å². The molecular formula is C21H24N4O. The number of aryl methyl sites for hydroxylation is 2. The van der Waals surface area contributed by atoms with Gasteiger partial charge in [0.05, 0.1) is 0 Å². The van der Waals surface area contributed by atoms with E-state index in [1.807, 2.05) is 19.1 Å². The maximum Gasteiger partial charge on any atom is 0.156 e. The number of nitrogens with one attached hydrogen (secondary N) is 2. The summed E-state index contributed by atoms with van der Waals surface area (Å²) in [6.07, 6.45) is 2.29. The summed E-state index contributed by atoms with van der Waals surface area (Å²) < 4.78 is 0. The quantitative estimate of drug-likeness (QED) is 0.672. The van der Waals surface area contributed by atoms with Crippen LogP contribution in [0.4, 0.5) is 5.82 Å². The van der Waals surface area contributed by atoms with E-state index in [0.717, 1.165) is 48.1 Å². The van der Waals surface area contributed by atoms with Gasteiger partial charge in [0.1, 0.15) is 11.4 Å². The zero-order valence-corrected chi connectivity index (χ0v) is 15.2. The van der Waals surface area contributed by atoms with Crippen molar-refractivity contribution in [2.75, 3.05) is 18.4 Å². The van der Waals surface area contributed by atoms with Crippen LogP contribution in [0.2, 0.25) is 0 Å². The number of aromatic nitrogens is 2. The van der Waals surface area contributed by atoms with Gasteiger partial charge in [-0.2, -0.15) is 0 Å². The summed E-state index contributed by atoms with van der Waals surface area (Å²) in [5, 5.41) is 28.4. The molecule has 1 fully saturated rings. The minimum atomic E-state index is 0.235. The topological polar surface area (TPSA) is 70.1 Å². The Bertz CT molecular complexity index is 948. The number of phenols is 1. The smallest absolute Gasteiger partial charge is 0.156 e. The second kappa shape index (κ2) is 6.92. The maximum absolute atomic E-state index is 10.4. The molecule has 0 spiro atoms. The van der Waals surface area contributed by atoms with E-state index in [0.29, 0.717) is 17.3 Å². The lowest BCUT2D eigenvalue weighted by molar-refractivity contribution is 0.476. The Kier molecular flexibility index (Phi) is 4.47. The molecule has 1 aliphatic rings. The van der Waals surface area contributed by atoms with Crippen molar-refractivity contribution < 1.29 is 5.11 Å². The van der Waals surface area contributed by atoms with E-state index < -0.39 is 0 Å². The molecule has 1 saturated heterocycles. The molecule has 0 saturated carbocycles. The fourth-order valence-electron chi connectivity index (χ4n) is 3.58. The second-order valence-corrected chi connectivity index (χ2v) is 7.15. The minimum Gasteiger partial charge on any atom is -0.507 e. The molecule has 3 aromatic rings. The predicted molar refractivity (Wildman–Crippen MR) is 106 cm³/mol. The van der Waals surface area contributed by atoms with Crippen LogP contribution in [-0.2, 0) is 0 Å². The Morgan fingerprint density at radius 1 is 1.04 bits per heavy atom. The molecule has 1 unspecified atom stereocenters. The third-order valence-electron chi connectivity index (χ3n) is 4.98. The van der Waals surface area contributed by atoms with Gasteiger partial charge in [-0.3, -0.25) is 0 Å². The molecule has 0 amide bonds. The van der Waals surface area contributed by atoms with Crippen molar-refractivity contribution in [3.63, 3.8) is 0 Å². The number of anilines is 1. The van der Waals surface area contributed by atoms with Crippen molar-refractivity contribution in [3.05, 3.63) is 47.5 Å². The summed E-state index contributed by atoms with van der Waals surface area (Å²) in [5.41, 5.74) is 3.62. The number of rotatable bonds is 3. The molecule has 3 N–H and O–H groups in total. The standard InChI is InChI=1S/C21H24N4O/c1-13-5-7-16-18(10-13)21(23-15-4-3-9-22-12-15)25-24-20(16)17-8-6-14(2)11-19(17)26/h5-8,10-11,15,22,26H,3-4,9,12H2,1-2H3,(H,23,25). The highest BCUT2D eigenvalue weighted by atomic mass is 16.3. The summed E-state index contributed by atoms with van der Waals surface area (Å²) >= 11 is 0. The van der Waals surface area contributed by atoms with E-state index in [9.17, 15) is 5.11 Å². The third-order valence-corrected chi connectivity index (χ3v) is 4.98. The number of phenolic OH excluding ortho intramolecular Hbond substituents is 1. The maximum atomic E-state index is 10.4. The highest BCUT2D eigenvalue weighted by molar-refractivity contribution is 6.01. The lowest BCUT2D eigenvalue weighted by atomic mass is 10.0. The number of hydrogen-bond donors (Lipinski definition) is 3. The van der Waals surface area contributed by atoms with Crippen LogP contribution < -0.4 is 10.6 Å². The summed E-state index contributed by atoms with van der Waals surface area (Å²) in [7, 11) is 0. The molecule has 1 atom stereocenters. The van der Waals surface area contributed by atoms with Crippen molar-refractivity contribution in [1.82, 2.24) is 15.5 Å². The van der Waals surface area contributed by atoms with Gasteiger partial charge in [-0.25, -0.2) is 0 Å². The van der Waals surface area contributed by atoms with Crippen LogP contribution in [0.5, 0.6) is 5.75 Å². The van der Waals surface area contributed by atoms with Gasteiger partial charge in [0.2, 0.25) is 0 Å². The highest BCUT2D eigenvalue weighted by Crippen LogP contribution is 2.35. The molecule has 134 valence electrons. The molecule has 5 nitrogen and oxygen atoms in total. The monoisotopic (exact) mass is 348 g/mol. The van der Waals surface area contributed by atoms with Gasteiger partial charge >= 0.3 is 0 Å². The number of benzene rings is 2. The van der Waals surface area contributed by atoms with Gasteiger partial charge in [0, 0.05) is 28.9 Å². The lowest BCUT2D eigenvalue weighted by Crippen LogP contribution is -2.38. The molecule has 1 aromatic heterocycles. The summed E-state index contributed by atoms with van der Waals surface area (Å²) in [4.78, 5) is 0. The molecule has 5 heteroatoms.